The number of amides is 1. The third-order valence-corrected chi connectivity index (χ3v) is 5.14. The fourth-order valence-corrected chi connectivity index (χ4v) is 3.52. The molecule has 3 aromatic rings. The van der Waals surface area contributed by atoms with E-state index in [-0.39, 0.29) is 22.7 Å². The van der Waals surface area contributed by atoms with Gasteiger partial charge >= 0.3 is 5.91 Å². The molecule has 146 valence electrons. The highest BCUT2D eigenvalue weighted by atomic mass is 79.9. The van der Waals surface area contributed by atoms with Gasteiger partial charge in [-0.15, -0.1) is 0 Å². The first-order valence-electron chi connectivity index (χ1n) is 8.62. The molecule has 0 spiro atoms. The van der Waals surface area contributed by atoms with Crippen molar-refractivity contribution >= 4 is 39.2 Å². The Morgan fingerprint density at radius 2 is 1.79 bits per heavy atom. The van der Waals surface area contributed by atoms with Crippen LogP contribution in [0, 0.1) is 12.7 Å². The van der Waals surface area contributed by atoms with Gasteiger partial charge in [-0.05, 0) is 48.9 Å². The Labute approximate surface area is 173 Å². The van der Waals surface area contributed by atoms with E-state index in [9.17, 15) is 19.1 Å². The molecule has 1 fully saturated rings. The number of hydrogen-bond donors (Lipinski definition) is 1. The first-order valence-corrected chi connectivity index (χ1v) is 9.42. The van der Waals surface area contributed by atoms with Crippen LogP contribution in [0.4, 0.5) is 10.2 Å². The van der Waals surface area contributed by atoms with Crippen molar-refractivity contribution in [1.29, 1.82) is 0 Å². The monoisotopic (exact) mass is 456 g/mol. The summed E-state index contributed by atoms with van der Waals surface area (Å²) in [7, 11) is 0. The molecule has 1 unspecified atom stereocenters. The number of carbonyl (C=O) groups is 2. The Hall–Kier alpha value is -3.26. The van der Waals surface area contributed by atoms with Gasteiger partial charge in [0.05, 0.1) is 11.6 Å². The largest absolute Gasteiger partial charge is 0.507 e. The fourth-order valence-electron chi connectivity index (χ4n) is 3.26. The summed E-state index contributed by atoms with van der Waals surface area (Å²) in [5, 5.41) is 14.7. The van der Waals surface area contributed by atoms with Gasteiger partial charge in [0.1, 0.15) is 17.3 Å². The highest BCUT2D eigenvalue weighted by Crippen LogP contribution is 2.42. The molecule has 1 saturated heterocycles. The number of carbonyl (C=O) groups excluding carboxylic acids is 2. The molecule has 6 nitrogen and oxygen atoms in total. The minimum atomic E-state index is -0.919. The average molecular weight is 457 g/mol. The molecule has 0 aliphatic carbocycles. The summed E-state index contributed by atoms with van der Waals surface area (Å²) < 4.78 is 19.2. The SMILES string of the molecule is Cc1cc(N2C(=O)C(=O)C(=C(O)c3ccc(F)cc3)C2c2ccc(Br)cc2)no1. The van der Waals surface area contributed by atoms with Crippen LogP contribution in [0.3, 0.4) is 0 Å². The van der Waals surface area contributed by atoms with Crippen molar-refractivity contribution in [1.82, 2.24) is 5.16 Å². The van der Waals surface area contributed by atoms with E-state index in [1.54, 1.807) is 31.2 Å². The minimum absolute atomic E-state index is 0.107. The lowest BCUT2D eigenvalue weighted by Gasteiger charge is -2.22. The number of aryl methyl sites for hydroxylation is 1. The lowest BCUT2D eigenvalue weighted by molar-refractivity contribution is -0.132. The van der Waals surface area contributed by atoms with Crippen molar-refractivity contribution in [2.24, 2.45) is 0 Å². The van der Waals surface area contributed by atoms with Gasteiger partial charge in [0.2, 0.25) is 0 Å². The van der Waals surface area contributed by atoms with Crippen LogP contribution in [0.5, 0.6) is 0 Å². The van der Waals surface area contributed by atoms with E-state index in [1.807, 2.05) is 0 Å². The maximum absolute atomic E-state index is 13.3. The second kappa shape index (κ2) is 7.29. The molecule has 0 saturated carbocycles. The number of halogens is 2. The summed E-state index contributed by atoms with van der Waals surface area (Å²) in [6.07, 6.45) is 0. The van der Waals surface area contributed by atoms with E-state index in [1.165, 1.54) is 35.2 Å². The summed E-state index contributed by atoms with van der Waals surface area (Å²) in [5.41, 5.74) is 0.712. The molecule has 4 rings (SSSR count). The molecule has 29 heavy (non-hydrogen) atoms. The third-order valence-electron chi connectivity index (χ3n) is 4.61. The lowest BCUT2D eigenvalue weighted by atomic mass is 9.95. The standard InChI is InChI=1S/C21H14BrFN2O4/c1-11-10-16(24-29-11)25-18(12-2-6-14(22)7-3-12)17(20(27)21(25)28)19(26)13-4-8-15(23)9-5-13/h2-10,18,26H,1H3. The normalized spacial score (nSPS) is 18.4. The van der Waals surface area contributed by atoms with Crippen molar-refractivity contribution in [2.45, 2.75) is 13.0 Å². The Balaban J connectivity index is 1.93. The molecule has 1 atom stereocenters. The molecular weight excluding hydrogens is 443 g/mol. The lowest BCUT2D eigenvalue weighted by Crippen LogP contribution is -2.29. The zero-order valence-electron chi connectivity index (χ0n) is 15.1. The van der Waals surface area contributed by atoms with Crippen LogP contribution in [-0.4, -0.2) is 22.0 Å². The van der Waals surface area contributed by atoms with Gasteiger partial charge < -0.3 is 9.63 Å². The topological polar surface area (TPSA) is 83.6 Å². The Kier molecular flexibility index (Phi) is 4.79. The van der Waals surface area contributed by atoms with Crippen molar-refractivity contribution in [3.63, 3.8) is 0 Å². The van der Waals surface area contributed by atoms with Crippen molar-refractivity contribution in [3.05, 3.63) is 87.3 Å². The van der Waals surface area contributed by atoms with Gasteiger partial charge in [-0.3, -0.25) is 14.5 Å². The fraction of sp³-hybridized carbons (Fsp3) is 0.0952. The molecular formula is C21H14BrFN2O4. The number of aliphatic hydroxyl groups excluding tert-OH is 1. The summed E-state index contributed by atoms with van der Waals surface area (Å²) in [6.45, 7) is 1.67. The van der Waals surface area contributed by atoms with Gasteiger partial charge in [0.15, 0.2) is 5.82 Å². The molecule has 2 aromatic carbocycles. The molecule has 0 radical (unpaired) electrons. The summed E-state index contributed by atoms with van der Waals surface area (Å²) >= 11 is 3.36. The third kappa shape index (κ3) is 3.36. The van der Waals surface area contributed by atoms with Crippen LogP contribution >= 0.6 is 15.9 Å². The van der Waals surface area contributed by atoms with Crippen LogP contribution in [-0.2, 0) is 9.59 Å². The summed E-state index contributed by atoms with van der Waals surface area (Å²) in [5.74, 6) is -1.94. The number of Topliss-reactive ketones (excluding diaryl/α,β-unsaturated/α-hetero) is 1. The molecule has 1 aliphatic heterocycles. The summed E-state index contributed by atoms with van der Waals surface area (Å²) in [6, 6.07) is 12.6. The van der Waals surface area contributed by atoms with Crippen LogP contribution in [0.15, 0.2) is 69.2 Å². The quantitative estimate of drug-likeness (QED) is 0.356. The van der Waals surface area contributed by atoms with E-state index in [2.05, 4.69) is 21.1 Å². The number of ketones is 1. The molecule has 1 aliphatic rings. The number of hydrogen-bond acceptors (Lipinski definition) is 5. The van der Waals surface area contributed by atoms with Crippen molar-refractivity contribution in [3.8, 4) is 0 Å². The van der Waals surface area contributed by atoms with Crippen molar-refractivity contribution in [2.75, 3.05) is 4.90 Å². The maximum Gasteiger partial charge on any atom is 0.301 e. The smallest absolute Gasteiger partial charge is 0.301 e. The highest BCUT2D eigenvalue weighted by molar-refractivity contribution is 9.10. The van der Waals surface area contributed by atoms with Gasteiger partial charge in [-0.1, -0.05) is 33.2 Å². The van der Waals surface area contributed by atoms with E-state index in [0.717, 1.165) is 4.47 Å². The number of anilines is 1. The predicted octanol–water partition coefficient (Wildman–Crippen LogP) is 4.51. The average Bonchev–Trinajstić information content (AvgIpc) is 3.24. The second-order valence-corrected chi connectivity index (χ2v) is 7.44. The maximum atomic E-state index is 13.3. The number of aromatic nitrogens is 1. The van der Waals surface area contributed by atoms with Gasteiger partial charge in [-0.25, -0.2) is 4.39 Å². The molecule has 0 bridgehead atoms. The van der Waals surface area contributed by atoms with Crippen LogP contribution < -0.4 is 4.90 Å². The van der Waals surface area contributed by atoms with Crippen molar-refractivity contribution < 1.29 is 23.6 Å². The van der Waals surface area contributed by atoms with E-state index >= 15 is 0 Å². The first kappa shape index (κ1) is 19.1. The van der Waals surface area contributed by atoms with E-state index < -0.39 is 23.5 Å². The molecule has 1 amide bonds. The molecule has 1 N–H and O–H groups in total. The van der Waals surface area contributed by atoms with E-state index in [0.29, 0.717) is 11.3 Å². The zero-order valence-corrected chi connectivity index (χ0v) is 16.7. The second-order valence-electron chi connectivity index (χ2n) is 6.52. The van der Waals surface area contributed by atoms with Crippen LogP contribution in [0.25, 0.3) is 5.76 Å². The molecule has 1 aromatic heterocycles. The predicted molar refractivity (Wildman–Crippen MR) is 107 cm³/mol. The first-order chi connectivity index (χ1) is 13.9. The number of nitrogens with zero attached hydrogens (tertiary/aromatic N) is 2. The molecule has 2 heterocycles. The van der Waals surface area contributed by atoms with Gasteiger partial charge in [0.25, 0.3) is 5.78 Å². The Morgan fingerprint density at radius 3 is 2.38 bits per heavy atom. The number of benzene rings is 2. The summed E-state index contributed by atoms with van der Waals surface area (Å²) in [4.78, 5) is 26.9. The minimum Gasteiger partial charge on any atom is -0.507 e. The Morgan fingerprint density at radius 1 is 1.14 bits per heavy atom. The van der Waals surface area contributed by atoms with E-state index in [4.69, 9.17) is 4.52 Å². The Bertz CT molecular complexity index is 1140. The van der Waals surface area contributed by atoms with Gasteiger partial charge in [-0.2, -0.15) is 0 Å². The number of aliphatic hydroxyl groups is 1. The molecule has 8 heteroatoms. The van der Waals surface area contributed by atoms with Crippen LogP contribution in [0.1, 0.15) is 22.9 Å². The zero-order chi connectivity index (χ0) is 20.7. The number of rotatable bonds is 3. The van der Waals surface area contributed by atoms with Crippen LogP contribution in [0.2, 0.25) is 0 Å². The highest BCUT2D eigenvalue weighted by Gasteiger charge is 2.48. The van der Waals surface area contributed by atoms with Gasteiger partial charge in [0, 0.05) is 16.1 Å².